The topological polar surface area (TPSA) is 52.0 Å². The van der Waals surface area contributed by atoms with E-state index in [-0.39, 0.29) is 0 Å². The van der Waals surface area contributed by atoms with Crippen LogP contribution in [0.1, 0.15) is 17.0 Å². The lowest BCUT2D eigenvalue weighted by Gasteiger charge is -2.01. The maximum atomic E-state index is 12.1. The molecule has 0 atom stereocenters. The minimum atomic E-state index is -3.54. The molecule has 0 fully saturated rings. The quantitative estimate of drug-likeness (QED) is 0.853. The van der Waals surface area contributed by atoms with Gasteiger partial charge in [0, 0.05) is 0 Å². The molecule has 0 unspecified atom stereocenters. The summed E-state index contributed by atoms with van der Waals surface area (Å²) in [5, 5.41) is 5.14. The van der Waals surface area contributed by atoms with Crippen LogP contribution in [0.15, 0.2) is 41.8 Å². The summed E-state index contributed by atoms with van der Waals surface area (Å²) in [5.74, 6) is 0. The summed E-state index contributed by atoms with van der Waals surface area (Å²) in [5.41, 5.74) is 2.12. The Morgan fingerprint density at radius 3 is 2.39 bits per heavy atom. The van der Waals surface area contributed by atoms with Gasteiger partial charge in [-0.1, -0.05) is 30.3 Å². The molecule has 2 rings (SSSR count). The lowest BCUT2D eigenvalue weighted by atomic mass is 10.2. The molecule has 18 heavy (non-hydrogen) atoms. The summed E-state index contributed by atoms with van der Waals surface area (Å²) in [6, 6.07) is 11.0. The van der Waals surface area contributed by atoms with Gasteiger partial charge in [-0.2, -0.15) is 17.6 Å². The van der Waals surface area contributed by atoms with E-state index in [1.807, 2.05) is 30.3 Å². The maximum Gasteiger partial charge on any atom is 0.276 e. The molecule has 1 aromatic heterocycles. The molecule has 5 heteroatoms. The Morgan fingerprint density at radius 2 is 1.83 bits per heavy atom. The van der Waals surface area contributed by atoms with E-state index in [2.05, 4.69) is 5.10 Å². The second kappa shape index (κ2) is 4.78. The van der Waals surface area contributed by atoms with Gasteiger partial charge in [-0.25, -0.2) is 0 Å². The Balaban J connectivity index is 2.34. The van der Waals surface area contributed by atoms with E-state index in [4.69, 9.17) is 0 Å². The predicted octanol–water partition coefficient (Wildman–Crippen LogP) is 2.35. The van der Waals surface area contributed by atoms with Crippen LogP contribution in [-0.4, -0.2) is 17.6 Å². The summed E-state index contributed by atoms with van der Waals surface area (Å²) >= 11 is 0. The van der Waals surface area contributed by atoms with Crippen LogP contribution in [0, 0.1) is 13.8 Å². The number of nitrogens with zero attached hydrogens (tertiary/aromatic N) is 2. The highest BCUT2D eigenvalue weighted by atomic mass is 32.2. The number of benzene rings is 1. The van der Waals surface area contributed by atoms with Gasteiger partial charge in [-0.15, -0.1) is 0 Å². The van der Waals surface area contributed by atoms with Crippen molar-refractivity contribution in [1.82, 2.24) is 9.19 Å². The van der Waals surface area contributed by atoms with Gasteiger partial charge in [0.1, 0.15) is 0 Å². The smallest absolute Gasteiger partial charge is 0.200 e. The maximum absolute atomic E-state index is 12.1. The van der Waals surface area contributed by atoms with Crippen molar-refractivity contribution < 1.29 is 8.42 Å². The second-order valence-electron chi connectivity index (χ2n) is 4.03. The number of aromatic nitrogens is 2. The number of hydrogen-bond donors (Lipinski definition) is 0. The average Bonchev–Trinajstić information content (AvgIpc) is 2.68. The Bertz CT molecular complexity index is 670. The molecule has 0 aliphatic carbocycles. The normalized spacial score (nSPS) is 12.1. The first-order valence-electron chi connectivity index (χ1n) is 5.51. The van der Waals surface area contributed by atoms with E-state index in [1.54, 1.807) is 26.0 Å². The third-order valence-electron chi connectivity index (χ3n) is 2.44. The fourth-order valence-corrected chi connectivity index (χ4v) is 2.79. The van der Waals surface area contributed by atoms with Gasteiger partial charge in [0.15, 0.2) is 0 Å². The summed E-state index contributed by atoms with van der Waals surface area (Å²) in [7, 11) is -3.54. The Kier molecular flexibility index (Phi) is 3.34. The highest BCUT2D eigenvalue weighted by Crippen LogP contribution is 2.09. The minimum Gasteiger partial charge on any atom is -0.200 e. The van der Waals surface area contributed by atoms with Gasteiger partial charge in [0.05, 0.1) is 16.8 Å². The van der Waals surface area contributed by atoms with E-state index in [0.29, 0.717) is 11.4 Å². The summed E-state index contributed by atoms with van der Waals surface area (Å²) in [4.78, 5) is 0. The lowest BCUT2D eigenvalue weighted by molar-refractivity contribution is 0.587. The molecule has 1 heterocycles. The SMILES string of the molecule is Cc1cc(C)n(S(=O)(=O)/C=C\c2ccccc2)n1. The highest BCUT2D eigenvalue weighted by molar-refractivity contribution is 7.92. The van der Waals surface area contributed by atoms with Gasteiger partial charge in [0.2, 0.25) is 0 Å². The van der Waals surface area contributed by atoms with Crippen LogP contribution >= 0.6 is 0 Å². The van der Waals surface area contributed by atoms with Crippen molar-refractivity contribution in [3.63, 3.8) is 0 Å². The third kappa shape index (κ3) is 2.68. The standard InChI is InChI=1S/C13H14N2O2S/c1-11-10-12(2)15(14-11)18(16,17)9-8-13-6-4-3-5-7-13/h3-10H,1-2H3/b9-8-. The molecule has 0 N–H and O–H groups in total. The van der Waals surface area contributed by atoms with Crippen LogP contribution in [-0.2, 0) is 10.0 Å². The van der Waals surface area contributed by atoms with E-state index < -0.39 is 10.0 Å². The number of rotatable bonds is 3. The lowest BCUT2D eigenvalue weighted by Crippen LogP contribution is -2.12. The van der Waals surface area contributed by atoms with Crippen molar-refractivity contribution in [2.45, 2.75) is 13.8 Å². The van der Waals surface area contributed by atoms with Crippen LogP contribution in [0.4, 0.5) is 0 Å². The zero-order valence-electron chi connectivity index (χ0n) is 10.2. The number of aryl methyl sites for hydroxylation is 2. The molecule has 0 radical (unpaired) electrons. The Labute approximate surface area is 107 Å². The molecule has 94 valence electrons. The Hall–Kier alpha value is -1.88. The minimum absolute atomic E-state index is 0.602. The van der Waals surface area contributed by atoms with Crippen LogP contribution in [0.3, 0.4) is 0 Å². The molecule has 0 saturated carbocycles. The van der Waals surface area contributed by atoms with E-state index in [1.165, 1.54) is 5.41 Å². The van der Waals surface area contributed by atoms with Crippen molar-refractivity contribution in [2.24, 2.45) is 0 Å². The molecule has 0 amide bonds. The second-order valence-corrected chi connectivity index (χ2v) is 5.68. The molecular weight excluding hydrogens is 248 g/mol. The molecule has 0 spiro atoms. The third-order valence-corrected chi connectivity index (χ3v) is 3.77. The monoisotopic (exact) mass is 262 g/mol. The van der Waals surface area contributed by atoms with Crippen molar-refractivity contribution >= 4 is 16.1 Å². The Morgan fingerprint density at radius 1 is 1.17 bits per heavy atom. The van der Waals surface area contributed by atoms with Gasteiger partial charge in [0.25, 0.3) is 10.0 Å². The van der Waals surface area contributed by atoms with Crippen LogP contribution in [0.5, 0.6) is 0 Å². The van der Waals surface area contributed by atoms with Crippen molar-refractivity contribution in [2.75, 3.05) is 0 Å². The van der Waals surface area contributed by atoms with Crippen molar-refractivity contribution in [3.8, 4) is 0 Å². The molecule has 0 aliphatic rings. The molecular formula is C13H14N2O2S. The molecule has 0 aliphatic heterocycles. The largest absolute Gasteiger partial charge is 0.276 e. The number of hydrogen-bond acceptors (Lipinski definition) is 3. The zero-order chi connectivity index (χ0) is 13.2. The van der Waals surface area contributed by atoms with Crippen LogP contribution in [0.25, 0.3) is 6.08 Å². The van der Waals surface area contributed by atoms with Crippen LogP contribution < -0.4 is 0 Å². The summed E-state index contributed by atoms with van der Waals surface area (Å²) in [6.45, 7) is 3.48. The predicted molar refractivity (Wildman–Crippen MR) is 71.5 cm³/mol. The summed E-state index contributed by atoms with van der Waals surface area (Å²) < 4.78 is 25.2. The van der Waals surface area contributed by atoms with Gasteiger partial charge >= 0.3 is 0 Å². The van der Waals surface area contributed by atoms with Gasteiger partial charge in [-0.05, 0) is 31.6 Å². The molecule has 0 bridgehead atoms. The average molecular weight is 262 g/mol. The summed E-state index contributed by atoms with van der Waals surface area (Å²) in [6.07, 6.45) is 1.56. The van der Waals surface area contributed by atoms with Crippen molar-refractivity contribution in [1.29, 1.82) is 0 Å². The first-order chi connectivity index (χ1) is 8.49. The molecule has 4 nitrogen and oxygen atoms in total. The zero-order valence-corrected chi connectivity index (χ0v) is 11.1. The van der Waals surface area contributed by atoms with E-state index in [0.717, 1.165) is 9.65 Å². The molecule has 2 aromatic rings. The van der Waals surface area contributed by atoms with Gasteiger partial charge in [-0.3, -0.25) is 0 Å². The van der Waals surface area contributed by atoms with E-state index >= 15 is 0 Å². The first kappa shape index (κ1) is 12.6. The first-order valence-corrected chi connectivity index (χ1v) is 7.01. The van der Waals surface area contributed by atoms with E-state index in [9.17, 15) is 8.42 Å². The van der Waals surface area contributed by atoms with Crippen molar-refractivity contribution in [3.05, 3.63) is 58.8 Å². The van der Waals surface area contributed by atoms with Gasteiger partial charge < -0.3 is 0 Å². The highest BCUT2D eigenvalue weighted by Gasteiger charge is 2.13. The molecule has 1 aromatic carbocycles. The fourth-order valence-electron chi connectivity index (χ4n) is 1.65. The fraction of sp³-hybridized carbons (Fsp3) is 0.154. The molecule has 0 saturated heterocycles. The van der Waals surface area contributed by atoms with Crippen LogP contribution in [0.2, 0.25) is 0 Å².